The number of halogens is 5. The normalized spacial score (nSPS) is 17.2. The van der Waals surface area contributed by atoms with Crippen molar-refractivity contribution < 1.29 is 27.5 Å². The van der Waals surface area contributed by atoms with Crippen LogP contribution in [-0.2, 0) is 6.18 Å². The van der Waals surface area contributed by atoms with Crippen molar-refractivity contribution in [3.8, 4) is 11.3 Å². The second-order valence-electron chi connectivity index (χ2n) is 7.18. The van der Waals surface area contributed by atoms with Gasteiger partial charge in [0.25, 0.3) is 0 Å². The highest BCUT2D eigenvalue weighted by Crippen LogP contribution is 2.39. The van der Waals surface area contributed by atoms with Gasteiger partial charge in [0.05, 0.1) is 10.2 Å². The number of alkyl halides is 3. The fourth-order valence-electron chi connectivity index (χ4n) is 3.63. The van der Waals surface area contributed by atoms with Crippen LogP contribution >= 0.6 is 15.9 Å². The van der Waals surface area contributed by atoms with Crippen molar-refractivity contribution in [1.82, 2.24) is 19.9 Å². The summed E-state index contributed by atoms with van der Waals surface area (Å²) in [6, 6.07) is 2.22. The topological polar surface area (TPSA) is 94.1 Å². The fraction of sp³-hybridized carbons (Fsp3) is 0.316. The van der Waals surface area contributed by atoms with Crippen LogP contribution in [0.2, 0.25) is 0 Å². The number of nitrogens with one attached hydrogen (secondary N) is 2. The van der Waals surface area contributed by atoms with E-state index in [2.05, 4.69) is 36.2 Å². The molecule has 7 nitrogen and oxygen atoms in total. The summed E-state index contributed by atoms with van der Waals surface area (Å²) in [5.74, 6) is -0.683. The first kappa shape index (κ1) is 21.3. The van der Waals surface area contributed by atoms with Gasteiger partial charge in [0.2, 0.25) is 5.95 Å². The number of carboxylic acid groups (broad SMARTS) is 1. The van der Waals surface area contributed by atoms with Crippen LogP contribution in [0.1, 0.15) is 18.4 Å². The van der Waals surface area contributed by atoms with Crippen molar-refractivity contribution in [1.29, 1.82) is 0 Å². The summed E-state index contributed by atoms with van der Waals surface area (Å²) in [7, 11) is 0. The molecule has 3 heterocycles. The second kappa shape index (κ2) is 7.98. The van der Waals surface area contributed by atoms with E-state index in [1.165, 1.54) is 17.2 Å². The largest absolute Gasteiger partial charge is 0.465 e. The van der Waals surface area contributed by atoms with Gasteiger partial charge in [0, 0.05) is 48.0 Å². The maximum atomic E-state index is 14.1. The van der Waals surface area contributed by atoms with Crippen molar-refractivity contribution in [3.63, 3.8) is 0 Å². The molecule has 3 aromatic rings. The Hall–Kier alpha value is -2.89. The zero-order valence-electron chi connectivity index (χ0n) is 15.8. The van der Waals surface area contributed by atoms with Crippen LogP contribution in [0.3, 0.4) is 0 Å². The van der Waals surface area contributed by atoms with Gasteiger partial charge in [-0.05, 0) is 40.9 Å². The maximum absolute atomic E-state index is 14.1. The number of amides is 1. The molecule has 0 saturated carbocycles. The molecule has 0 spiro atoms. The molecule has 1 aliphatic heterocycles. The summed E-state index contributed by atoms with van der Waals surface area (Å²) in [4.78, 5) is 23.1. The molecule has 1 amide bonds. The lowest BCUT2D eigenvalue weighted by molar-refractivity contribution is -0.137. The first-order valence-electron chi connectivity index (χ1n) is 9.28. The number of rotatable bonds is 3. The maximum Gasteiger partial charge on any atom is 0.419 e. The zero-order chi connectivity index (χ0) is 22.3. The minimum atomic E-state index is -4.73. The summed E-state index contributed by atoms with van der Waals surface area (Å²) in [6.45, 7) is 0.560. The van der Waals surface area contributed by atoms with Gasteiger partial charge in [0.1, 0.15) is 11.4 Å². The Morgan fingerprint density at radius 3 is 2.84 bits per heavy atom. The number of aromatic amines is 1. The van der Waals surface area contributed by atoms with E-state index in [0.717, 1.165) is 6.07 Å². The van der Waals surface area contributed by atoms with E-state index in [-0.39, 0.29) is 34.0 Å². The summed E-state index contributed by atoms with van der Waals surface area (Å²) in [6.07, 6.45) is -2.55. The second-order valence-corrected chi connectivity index (χ2v) is 8.03. The van der Waals surface area contributed by atoms with Crippen LogP contribution in [0.25, 0.3) is 22.2 Å². The zero-order valence-corrected chi connectivity index (χ0v) is 17.4. The first-order valence-corrected chi connectivity index (χ1v) is 10.1. The van der Waals surface area contributed by atoms with Gasteiger partial charge in [-0.3, -0.25) is 0 Å². The highest BCUT2D eigenvalue weighted by molar-refractivity contribution is 9.10. The number of fused-ring (bicyclic) bond motifs is 1. The van der Waals surface area contributed by atoms with Crippen LogP contribution in [0.4, 0.5) is 28.3 Å². The smallest absolute Gasteiger partial charge is 0.419 e. The number of carbonyl (C=O) groups is 1. The predicted molar refractivity (Wildman–Crippen MR) is 108 cm³/mol. The van der Waals surface area contributed by atoms with Gasteiger partial charge < -0.3 is 20.3 Å². The Balaban J connectivity index is 1.75. The van der Waals surface area contributed by atoms with E-state index in [9.17, 15) is 22.4 Å². The quantitative estimate of drug-likeness (QED) is 0.434. The van der Waals surface area contributed by atoms with E-state index in [1.807, 2.05) is 0 Å². The van der Waals surface area contributed by atoms with Crippen molar-refractivity contribution in [2.24, 2.45) is 0 Å². The van der Waals surface area contributed by atoms with Gasteiger partial charge in [-0.2, -0.15) is 13.2 Å². The molecular formula is C19H16BrF4N5O2. The molecule has 4 rings (SSSR count). The lowest BCUT2D eigenvalue weighted by Crippen LogP contribution is -2.44. The number of benzene rings is 1. The molecule has 1 fully saturated rings. The SMILES string of the molecule is O=C(O)N1CCCC(Nc2ncc(C(F)(F)F)c(-c3c[nH]c4cc(Br)c(F)cc34)n2)C1. The Bertz CT molecular complexity index is 1150. The summed E-state index contributed by atoms with van der Waals surface area (Å²) >= 11 is 3.05. The molecule has 1 atom stereocenters. The van der Waals surface area contributed by atoms with Crippen LogP contribution in [0.5, 0.6) is 0 Å². The predicted octanol–water partition coefficient (Wildman–Crippen LogP) is 5.10. The molecule has 1 saturated heterocycles. The van der Waals surface area contributed by atoms with Crippen molar-refractivity contribution in [2.75, 3.05) is 18.4 Å². The Morgan fingerprint density at radius 2 is 2.13 bits per heavy atom. The van der Waals surface area contributed by atoms with E-state index in [4.69, 9.17) is 5.11 Å². The number of H-pyrrole nitrogens is 1. The molecule has 1 aliphatic rings. The number of hydrogen-bond donors (Lipinski definition) is 3. The molecule has 0 bridgehead atoms. The molecule has 3 N–H and O–H groups in total. The molecule has 31 heavy (non-hydrogen) atoms. The van der Waals surface area contributed by atoms with Crippen LogP contribution in [-0.4, -0.2) is 50.2 Å². The number of anilines is 1. The average Bonchev–Trinajstić information content (AvgIpc) is 3.10. The third kappa shape index (κ3) is 4.29. The molecule has 164 valence electrons. The van der Waals surface area contributed by atoms with Crippen LogP contribution in [0, 0.1) is 5.82 Å². The average molecular weight is 502 g/mol. The lowest BCUT2D eigenvalue weighted by atomic mass is 10.1. The highest BCUT2D eigenvalue weighted by Gasteiger charge is 2.36. The first-order chi connectivity index (χ1) is 14.6. The minimum absolute atomic E-state index is 0.0628. The minimum Gasteiger partial charge on any atom is -0.465 e. The number of aromatic nitrogens is 3. The summed E-state index contributed by atoms with van der Waals surface area (Å²) < 4.78 is 55.2. The Kier molecular flexibility index (Phi) is 5.50. The number of hydrogen-bond acceptors (Lipinski definition) is 4. The Labute approximate surface area is 181 Å². The number of likely N-dealkylation sites (tertiary alicyclic amines) is 1. The van der Waals surface area contributed by atoms with Gasteiger partial charge in [0.15, 0.2) is 0 Å². The lowest BCUT2D eigenvalue weighted by Gasteiger charge is -2.31. The van der Waals surface area contributed by atoms with E-state index in [1.54, 1.807) is 0 Å². The van der Waals surface area contributed by atoms with Crippen molar-refractivity contribution >= 4 is 38.9 Å². The fourth-order valence-corrected chi connectivity index (χ4v) is 3.97. The molecule has 12 heteroatoms. The van der Waals surface area contributed by atoms with Gasteiger partial charge in [-0.1, -0.05) is 0 Å². The molecule has 0 radical (unpaired) electrons. The summed E-state index contributed by atoms with van der Waals surface area (Å²) in [5.41, 5.74) is -0.939. The van der Waals surface area contributed by atoms with E-state index < -0.39 is 29.3 Å². The molecular weight excluding hydrogens is 486 g/mol. The summed E-state index contributed by atoms with van der Waals surface area (Å²) in [5, 5.41) is 12.3. The van der Waals surface area contributed by atoms with E-state index in [0.29, 0.717) is 31.1 Å². The van der Waals surface area contributed by atoms with Gasteiger partial charge in [-0.15, -0.1) is 0 Å². The standard InChI is InChI=1S/C19H16BrF4N5O2/c20-13-5-15-10(4-14(13)21)11(6-25-15)16-12(19(22,23)24)7-26-17(28-16)27-9-2-1-3-29(8-9)18(30)31/h4-7,9,25H,1-3,8H2,(H,30,31)(H,26,27,28). The van der Waals surface area contributed by atoms with Crippen LogP contribution < -0.4 is 5.32 Å². The highest BCUT2D eigenvalue weighted by atomic mass is 79.9. The molecule has 0 aliphatic carbocycles. The third-order valence-electron chi connectivity index (χ3n) is 5.10. The van der Waals surface area contributed by atoms with E-state index >= 15 is 0 Å². The van der Waals surface area contributed by atoms with Crippen molar-refractivity contribution in [2.45, 2.75) is 25.1 Å². The number of nitrogens with zero attached hydrogens (tertiary/aromatic N) is 3. The third-order valence-corrected chi connectivity index (χ3v) is 5.70. The number of piperidine rings is 1. The van der Waals surface area contributed by atoms with Crippen molar-refractivity contribution in [3.05, 3.63) is 40.4 Å². The van der Waals surface area contributed by atoms with Crippen LogP contribution in [0.15, 0.2) is 29.0 Å². The monoisotopic (exact) mass is 501 g/mol. The Morgan fingerprint density at radius 1 is 1.35 bits per heavy atom. The molecule has 1 aromatic carbocycles. The molecule has 1 unspecified atom stereocenters. The van der Waals surface area contributed by atoms with Gasteiger partial charge in [-0.25, -0.2) is 19.2 Å². The van der Waals surface area contributed by atoms with Gasteiger partial charge >= 0.3 is 12.3 Å². The molecule has 2 aromatic heterocycles.